The van der Waals surface area contributed by atoms with Crippen LogP contribution < -0.4 is 5.32 Å². The second kappa shape index (κ2) is 3.41. The molecule has 0 aromatic heterocycles. The Morgan fingerprint density at radius 2 is 2.25 bits per heavy atom. The topological polar surface area (TPSA) is 52.6 Å². The molecule has 1 fully saturated rings. The summed E-state index contributed by atoms with van der Waals surface area (Å²) >= 11 is 0. The average molecular weight is 172 g/mol. The van der Waals surface area contributed by atoms with E-state index in [0.717, 1.165) is 0 Å². The first-order chi connectivity index (χ1) is 5.55. The van der Waals surface area contributed by atoms with Gasteiger partial charge in [0.25, 0.3) is 0 Å². The molecule has 4 nitrogen and oxygen atoms in total. The summed E-state index contributed by atoms with van der Waals surface area (Å²) in [5.41, 5.74) is -0.644. The van der Waals surface area contributed by atoms with Crippen LogP contribution in [0.1, 0.15) is 13.3 Å². The second-order valence-corrected chi connectivity index (χ2v) is 3.60. The molecule has 70 valence electrons. The lowest BCUT2D eigenvalue weighted by atomic mass is 9.97. The Morgan fingerprint density at radius 3 is 2.67 bits per heavy atom. The summed E-state index contributed by atoms with van der Waals surface area (Å²) in [7, 11) is 1.82. The fourth-order valence-electron chi connectivity index (χ4n) is 1.34. The van der Waals surface area contributed by atoms with Crippen LogP contribution in [0.15, 0.2) is 0 Å². The number of nitrogens with one attached hydrogen (secondary N) is 1. The molecule has 1 saturated heterocycles. The van der Waals surface area contributed by atoms with E-state index in [2.05, 4.69) is 5.32 Å². The maximum Gasteiger partial charge on any atom is 0.224 e. The third-order valence-corrected chi connectivity index (χ3v) is 2.00. The van der Waals surface area contributed by atoms with Gasteiger partial charge in [-0.3, -0.25) is 4.79 Å². The van der Waals surface area contributed by atoms with Crippen molar-refractivity contribution in [1.29, 1.82) is 0 Å². The fourth-order valence-corrected chi connectivity index (χ4v) is 1.34. The number of β-amino-alcohol motifs (C(OH)–C–C–N with tert-alkyl or cyclic N) is 1. The van der Waals surface area contributed by atoms with E-state index < -0.39 is 5.60 Å². The number of carbonyl (C=O) groups excluding carboxylic acids is 1. The van der Waals surface area contributed by atoms with Gasteiger partial charge in [0, 0.05) is 13.0 Å². The molecule has 1 rings (SSSR count). The highest BCUT2D eigenvalue weighted by Gasteiger charge is 2.38. The molecule has 0 aromatic carbocycles. The van der Waals surface area contributed by atoms with Gasteiger partial charge in [-0.15, -0.1) is 0 Å². The van der Waals surface area contributed by atoms with Crippen molar-refractivity contribution in [2.45, 2.75) is 18.9 Å². The summed E-state index contributed by atoms with van der Waals surface area (Å²) < 4.78 is 0. The number of aliphatic hydroxyl groups is 1. The van der Waals surface area contributed by atoms with Gasteiger partial charge >= 0.3 is 0 Å². The molecule has 0 atom stereocenters. The molecular weight excluding hydrogens is 156 g/mol. The molecule has 2 N–H and O–H groups in total. The van der Waals surface area contributed by atoms with Crippen molar-refractivity contribution in [3.63, 3.8) is 0 Å². The third kappa shape index (κ3) is 2.19. The van der Waals surface area contributed by atoms with Crippen molar-refractivity contribution in [2.24, 2.45) is 0 Å². The summed E-state index contributed by atoms with van der Waals surface area (Å²) in [5, 5.41) is 12.3. The highest BCUT2D eigenvalue weighted by Crippen LogP contribution is 2.19. The highest BCUT2D eigenvalue weighted by atomic mass is 16.3. The Kier molecular flexibility index (Phi) is 2.69. The number of hydrogen-bond acceptors (Lipinski definition) is 3. The number of nitrogens with zero attached hydrogens (tertiary/aromatic N) is 1. The second-order valence-electron chi connectivity index (χ2n) is 3.60. The molecule has 1 heterocycles. The van der Waals surface area contributed by atoms with Crippen LogP contribution in [0.25, 0.3) is 0 Å². The van der Waals surface area contributed by atoms with Crippen molar-refractivity contribution < 1.29 is 9.90 Å². The van der Waals surface area contributed by atoms with Crippen molar-refractivity contribution >= 4 is 5.91 Å². The molecular formula is C8H16N2O2. The molecule has 0 unspecified atom stereocenters. The number of likely N-dealkylation sites (tertiary alicyclic amines) is 1. The molecule has 0 aromatic rings. The predicted octanol–water partition coefficient (Wildman–Crippen LogP) is -0.811. The zero-order chi connectivity index (χ0) is 9.19. The minimum atomic E-state index is -0.644. The number of carbonyl (C=O) groups is 1. The number of hydrogen-bond donors (Lipinski definition) is 2. The van der Waals surface area contributed by atoms with Gasteiger partial charge in [0.2, 0.25) is 5.91 Å². The van der Waals surface area contributed by atoms with Crippen LogP contribution in [0.2, 0.25) is 0 Å². The van der Waals surface area contributed by atoms with E-state index in [4.69, 9.17) is 0 Å². The van der Waals surface area contributed by atoms with Gasteiger partial charge < -0.3 is 15.3 Å². The molecule has 1 amide bonds. The van der Waals surface area contributed by atoms with Crippen LogP contribution in [0.4, 0.5) is 0 Å². The molecule has 1 aliphatic rings. The molecule has 0 saturated carbocycles. The molecule has 0 spiro atoms. The first-order valence-electron chi connectivity index (χ1n) is 4.20. The molecule has 12 heavy (non-hydrogen) atoms. The summed E-state index contributed by atoms with van der Waals surface area (Å²) in [6, 6.07) is 0. The van der Waals surface area contributed by atoms with E-state index in [0.29, 0.717) is 26.1 Å². The third-order valence-electron chi connectivity index (χ3n) is 2.00. The van der Waals surface area contributed by atoms with Gasteiger partial charge in [-0.2, -0.15) is 0 Å². The Morgan fingerprint density at radius 1 is 1.67 bits per heavy atom. The quantitative estimate of drug-likeness (QED) is 0.585. The molecule has 1 aliphatic heterocycles. The Hall–Kier alpha value is -0.610. The van der Waals surface area contributed by atoms with Crippen molar-refractivity contribution in [3.05, 3.63) is 0 Å². The minimum absolute atomic E-state index is 0.121. The van der Waals surface area contributed by atoms with Gasteiger partial charge in [0.05, 0.1) is 18.7 Å². The van der Waals surface area contributed by atoms with E-state index >= 15 is 0 Å². The summed E-state index contributed by atoms with van der Waals surface area (Å²) in [5.74, 6) is 0.121. The molecule has 0 aliphatic carbocycles. The SMILES string of the molecule is CNCCC(=O)N1CC(C)(O)C1. The number of rotatable bonds is 3. The van der Waals surface area contributed by atoms with Crippen molar-refractivity contribution in [1.82, 2.24) is 10.2 Å². The monoisotopic (exact) mass is 172 g/mol. The van der Waals surface area contributed by atoms with E-state index in [1.165, 1.54) is 0 Å². The standard InChI is InChI=1S/C8H16N2O2/c1-8(12)5-10(6-8)7(11)3-4-9-2/h9,12H,3-6H2,1-2H3. The van der Waals surface area contributed by atoms with E-state index in [1.807, 2.05) is 7.05 Å². The summed E-state index contributed by atoms with van der Waals surface area (Å²) in [4.78, 5) is 12.9. The molecule has 4 heteroatoms. The lowest BCUT2D eigenvalue weighted by Gasteiger charge is -2.44. The summed E-state index contributed by atoms with van der Waals surface area (Å²) in [6.07, 6.45) is 0.520. The van der Waals surface area contributed by atoms with Crippen LogP contribution in [-0.2, 0) is 4.79 Å². The normalized spacial score (nSPS) is 20.4. The largest absolute Gasteiger partial charge is 0.386 e. The van der Waals surface area contributed by atoms with E-state index in [-0.39, 0.29) is 5.91 Å². The van der Waals surface area contributed by atoms with Crippen LogP contribution >= 0.6 is 0 Å². The van der Waals surface area contributed by atoms with Gasteiger partial charge in [-0.05, 0) is 14.0 Å². The van der Waals surface area contributed by atoms with E-state index in [1.54, 1.807) is 11.8 Å². The lowest BCUT2D eigenvalue weighted by molar-refractivity contribution is -0.152. The van der Waals surface area contributed by atoms with Crippen LogP contribution in [0.5, 0.6) is 0 Å². The molecule has 0 bridgehead atoms. The fraction of sp³-hybridized carbons (Fsp3) is 0.875. The van der Waals surface area contributed by atoms with Gasteiger partial charge in [0.15, 0.2) is 0 Å². The van der Waals surface area contributed by atoms with Crippen LogP contribution in [0.3, 0.4) is 0 Å². The summed E-state index contributed by atoms with van der Waals surface area (Å²) in [6.45, 7) is 3.41. The van der Waals surface area contributed by atoms with E-state index in [9.17, 15) is 9.90 Å². The first kappa shape index (κ1) is 9.48. The lowest BCUT2D eigenvalue weighted by Crippen LogP contribution is -2.61. The van der Waals surface area contributed by atoms with Crippen molar-refractivity contribution in [2.75, 3.05) is 26.7 Å². The minimum Gasteiger partial charge on any atom is -0.386 e. The number of amides is 1. The van der Waals surface area contributed by atoms with Gasteiger partial charge in [-0.1, -0.05) is 0 Å². The first-order valence-corrected chi connectivity index (χ1v) is 4.20. The zero-order valence-electron chi connectivity index (χ0n) is 7.63. The van der Waals surface area contributed by atoms with Crippen molar-refractivity contribution in [3.8, 4) is 0 Å². The smallest absolute Gasteiger partial charge is 0.224 e. The van der Waals surface area contributed by atoms with Crippen LogP contribution in [0, 0.1) is 0 Å². The predicted molar refractivity (Wildman–Crippen MR) is 45.7 cm³/mol. The molecule has 0 radical (unpaired) electrons. The Labute approximate surface area is 72.6 Å². The maximum atomic E-state index is 11.2. The zero-order valence-corrected chi connectivity index (χ0v) is 7.63. The van der Waals surface area contributed by atoms with Crippen LogP contribution in [-0.4, -0.2) is 48.2 Å². The highest BCUT2D eigenvalue weighted by molar-refractivity contribution is 5.77. The Bertz CT molecular complexity index is 172. The maximum absolute atomic E-state index is 11.2. The van der Waals surface area contributed by atoms with Gasteiger partial charge in [-0.25, -0.2) is 0 Å². The average Bonchev–Trinajstić information content (AvgIpc) is 1.95. The Balaban J connectivity index is 2.19. The van der Waals surface area contributed by atoms with Gasteiger partial charge in [0.1, 0.15) is 0 Å².